The van der Waals surface area contributed by atoms with Gasteiger partial charge in [-0.05, 0) is 128 Å². The van der Waals surface area contributed by atoms with Gasteiger partial charge in [-0.25, -0.2) is 9.59 Å². The molecule has 3 aliphatic carbocycles. The fourth-order valence-corrected chi connectivity index (χ4v) is 7.12. The maximum Gasteiger partial charge on any atom is 0.333 e. The minimum absolute atomic E-state index is 0.254. The van der Waals surface area contributed by atoms with Gasteiger partial charge in [0.25, 0.3) is 0 Å². The molecule has 2 bridgehead atoms. The van der Waals surface area contributed by atoms with Crippen LogP contribution in [0.25, 0.3) is 0 Å². The highest BCUT2D eigenvalue weighted by Crippen LogP contribution is 2.58. The molecule has 0 heterocycles. The van der Waals surface area contributed by atoms with E-state index in [2.05, 4.69) is 27.0 Å². The van der Waals surface area contributed by atoms with E-state index >= 15 is 0 Å². The van der Waals surface area contributed by atoms with Gasteiger partial charge in [-0.15, -0.1) is 0 Å². The number of hydrogen-bond donors (Lipinski definition) is 0. The molecular formula is C46H82O12. The van der Waals surface area contributed by atoms with Crippen molar-refractivity contribution < 1.29 is 57.1 Å². The summed E-state index contributed by atoms with van der Waals surface area (Å²) in [6.07, 6.45) is 17.7. The number of hydrogen-bond acceptors (Lipinski definition) is 12. The Kier molecular flexibility index (Phi) is 36.6. The number of unbranched alkanes of at least 4 members (excludes halogenated alkanes) is 4. The molecule has 0 aromatic rings. The predicted octanol–water partition coefficient (Wildman–Crippen LogP) is 9.16. The zero-order valence-electron chi connectivity index (χ0n) is 37.4. The number of rotatable bonds is 29. The molecule has 3 rings (SSSR count). The Bertz CT molecular complexity index is 1080. The molecule has 0 radical (unpaired) electrons. The summed E-state index contributed by atoms with van der Waals surface area (Å²) < 4.78 is 40.7. The molecule has 0 amide bonds. The van der Waals surface area contributed by atoms with Crippen molar-refractivity contribution in [3.05, 3.63) is 24.3 Å². The van der Waals surface area contributed by atoms with E-state index in [4.69, 9.17) is 37.9 Å². The number of carbonyl (C=O) groups excluding carboxylic acids is 4. The van der Waals surface area contributed by atoms with E-state index < -0.39 is 11.9 Å². The van der Waals surface area contributed by atoms with Crippen LogP contribution in [-0.4, -0.2) is 104 Å². The molecule has 0 aromatic carbocycles. The number of esters is 4. The largest absolute Gasteiger partial charge is 0.463 e. The standard InChI is InChI=1S/C17H30O6.C16H28O6.C10H16.C3H8/c1-4-20-10-7-8-11-21-13-14-22-16(18)9-5-6-12-23-17(19)15(2)3;1-14(2)16(18)22-11-5-4-8-15(17)21-13-12-20-10-7-6-9-19-3;1-2-9-7-4-5-8(6-7)10(9)3-1;1-3-2/h2,4-14H2,1,3H3;1,4-13H2,2-3H3;7-10H,1-6H2;3H2,1-2H3. The second kappa shape index (κ2) is 38.4. The summed E-state index contributed by atoms with van der Waals surface area (Å²) in [6.45, 7) is 21.9. The molecule has 0 N–H and O–H groups in total. The highest BCUT2D eigenvalue weighted by molar-refractivity contribution is 5.87. The summed E-state index contributed by atoms with van der Waals surface area (Å²) in [7, 11) is 1.67. The van der Waals surface area contributed by atoms with Crippen LogP contribution >= 0.6 is 0 Å². The molecule has 12 nitrogen and oxygen atoms in total. The minimum atomic E-state index is -0.398. The molecule has 0 aliphatic heterocycles. The molecular weight excluding hydrogens is 744 g/mol. The van der Waals surface area contributed by atoms with Gasteiger partial charge >= 0.3 is 23.9 Å². The van der Waals surface area contributed by atoms with E-state index in [-0.39, 0.29) is 25.2 Å². The normalized spacial score (nSPS) is 18.2. The Morgan fingerprint density at radius 1 is 0.500 bits per heavy atom. The highest BCUT2D eigenvalue weighted by Gasteiger charge is 2.48. The van der Waals surface area contributed by atoms with E-state index in [0.29, 0.717) is 89.3 Å². The van der Waals surface area contributed by atoms with Crippen LogP contribution in [0.2, 0.25) is 0 Å². The second-order valence-electron chi connectivity index (χ2n) is 15.3. The number of methoxy groups -OCH3 is 1. The van der Waals surface area contributed by atoms with Gasteiger partial charge < -0.3 is 37.9 Å². The summed E-state index contributed by atoms with van der Waals surface area (Å²) in [5.74, 6) is 3.49. The van der Waals surface area contributed by atoms with E-state index in [0.717, 1.165) is 45.5 Å². The number of fused-ring (bicyclic) bond motifs is 5. The van der Waals surface area contributed by atoms with Crippen LogP contribution in [0.5, 0.6) is 0 Å². The Morgan fingerprint density at radius 2 is 0.897 bits per heavy atom. The third kappa shape index (κ3) is 30.3. The lowest BCUT2D eigenvalue weighted by Gasteiger charge is -2.23. The Morgan fingerprint density at radius 3 is 1.29 bits per heavy atom. The maximum absolute atomic E-state index is 11.4. The van der Waals surface area contributed by atoms with Gasteiger partial charge in [0.05, 0.1) is 26.4 Å². The molecule has 0 aromatic heterocycles. The topological polar surface area (TPSA) is 142 Å². The van der Waals surface area contributed by atoms with Crippen molar-refractivity contribution in [1.82, 2.24) is 0 Å². The van der Waals surface area contributed by atoms with Crippen molar-refractivity contribution in [3.63, 3.8) is 0 Å². The lowest BCUT2D eigenvalue weighted by atomic mass is 9.82. The molecule has 4 unspecified atom stereocenters. The first-order valence-corrected chi connectivity index (χ1v) is 22.2. The predicted molar refractivity (Wildman–Crippen MR) is 227 cm³/mol. The van der Waals surface area contributed by atoms with Gasteiger partial charge in [0.15, 0.2) is 0 Å². The number of carbonyl (C=O) groups is 4. The maximum atomic E-state index is 11.4. The van der Waals surface area contributed by atoms with Gasteiger partial charge in [-0.1, -0.05) is 39.8 Å². The van der Waals surface area contributed by atoms with Crippen LogP contribution in [0.3, 0.4) is 0 Å². The molecule has 4 atom stereocenters. The van der Waals surface area contributed by atoms with Gasteiger partial charge in [0.2, 0.25) is 0 Å². The van der Waals surface area contributed by atoms with Crippen LogP contribution in [-0.2, 0) is 57.1 Å². The average molecular weight is 827 g/mol. The third-order valence-electron chi connectivity index (χ3n) is 9.96. The van der Waals surface area contributed by atoms with Crippen molar-refractivity contribution in [2.75, 3.05) is 79.8 Å². The first kappa shape index (κ1) is 55.2. The summed E-state index contributed by atoms with van der Waals surface area (Å²) in [4.78, 5) is 45.0. The van der Waals surface area contributed by atoms with Crippen LogP contribution in [0.4, 0.5) is 0 Å². The van der Waals surface area contributed by atoms with E-state index in [1.165, 1.54) is 30.1 Å². The molecule has 338 valence electrons. The molecule has 3 saturated carbocycles. The van der Waals surface area contributed by atoms with Crippen LogP contribution in [0, 0.1) is 23.7 Å². The van der Waals surface area contributed by atoms with E-state index in [1.54, 1.807) is 59.5 Å². The molecule has 12 heteroatoms. The smallest absolute Gasteiger partial charge is 0.333 e. The van der Waals surface area contributed by atoms with Crippen LogP contribution in [0.1, 0.15) is 144 Å². The molecule has 58 heavy (non-hydrogen) atoms. The highest BCUT2D eigenvalue weighted by atomic mass is 16.6. The van der Waals surface area contributed by atoms with Crippen molar-refractivity contribution in [2.24, 2.45) is 23.7 Å². The van der Waals surface area contributed by atoms with Crippen molar-refractivity contribution in [2.45, 2.75) is 144 Å². The fourth-order valence-electron chi connectivity index (χ4n) is 7.12. The second-order valence-corrected chi connectivity index (χ2v) is 15.3. The Balaban J connectivity index is 0.000000854. The van der Waals surface area contributed by atoms with Crippen LogP contribution < -0.4 is 0 Å². The summed E-state index contributed by atoms with van der Waals surface area (Å²) in [5, 5.41) is 0. The first-order chi connectivity index (χ1) is 28.0. The number of ether oxygens (including phenoxy) is 8. The lowest BCUT2D eigenvalue weighted by Crippen LogP contribution is -2.15. The summed E-state index contributed by atoms with van der Waals surface area (Å²) >= 11 is 0. The van der Waals surface area contributed by atoms with Gasteiger partial charge in [-0.2, -0.15) is 0 Å². The van der Waals surface area contributed by atoms with Gasteiger partial charge in [0.1, 0.15) is 13.2 Å². The van der Waals surface area contributed by atoms with Crippen molar-refractivity contribution >= 4 is 23.9 Å². The van der Waals surface area contributed by atoms with Gasteiger partial charge in [-0.3, -0.25) is 9.59 Å². The molecule has 3 aliphatic rings. The summed E-state index contributed by atoms with van der Waals surface area (Å²) in [6, 6.07) is 0. The Hall–Kier alpha value is -2.80. The molecule has 0 saturated heterocycles. The van der Waals surface area contributed by atoms with E-state index in [1.807, 2.05) is 6.92 Å². The first-order valence-electron chi connectivity index (χ1n) is 22.2. The minimum Gasteiger partial charge on any atom is -0.463 e. The van der Waals surface area contributed by atoms with E-state index in [9.17, 15) is 19.2 Å². The fraction of sp³-hybridized carbons (Fsp3) is 0.826. The quantitative estimate of drug-likeness (QED) is 0.0307. The molecule has 3 fully saturated rings. The monoisotopic (exact) mass is 827 g/mol. The zero-order chi connectivity index (χ0) is 43.2. The van der Waals surface area contributed by atoms with Crippen LogP contribution in [0.15, 0.2) is 24.3 Å². The lowest BCUT2D eigenvalue weighted by molar-refractivity contribution is -0.146. The van der Waals surface area contributed by atoms with Gasteiger partial charge in [0, 0.05) is 64.1 Å². The zero-order valence-corrected chi connectivity index (χ0v) is 37.4. The average Bonchev–Trinajstić information content (AvgIpc) is 3.96. The SMILES string of the molecule is C1CC2C3CCC(C3)C2C1.C=C(C)C(=O)OCCCCC(=O)OCCOCCCCOC.C=C(C)C(=O)OCCCCC(=O)OCCOCCCCOCC.CCC. The molecule has 0 spiro atoms. The third-order valence-corrected chi connectivity index (χ3v) is 9.96. The summed E-state index contributed by atoms with van der Waals surface area (Å²) in [5.41, 5.74) is 0.754. The van der Waals surface area contributed by atoms with Crippen molar-refractivity contribution in [1.29, 1.82) is 0 Å². The Labute approximate surface area is 351 Å². The van der Waals surface area contributed by atoms with Crippen molar-refractivity contribution in [3.8, 4) is 0 Å².